The minimum atomic E-state index is 0.265. The van der Waals surface area contributed by atoms with Crippen LogP contribution in [0.15, 0.2) is 0 Å². The molecule has 2 N–H and O–H groups in total. The van der Waals surface area contributed by atoms with Gasteiger partial charge in [-0.1, -0.05) is 20.3 Å². The summed E-state index contributed by atoms with van der Waals surface area (Å²) in [5.74, 6) is 0.773. The molecule has 1 aromatic rings. The van der Waals surface area contributed by atoms with Crippen molar-refractivity contribution in [2.24, 2.45) is 0 Å². The van der Waals surface area contributed by atoms with Crippen LogP contribution in [-0.4, -0.2) is 22.6 Å². The second-order valence-electron chi connectivity index (χ2n) is 4.62. The Hall–Kier alpha value is -1.03. The first-order chi connectivity index (χ1) is 8.51. The number of anilines is 2. The number of aryl methyl sites for hydroxylation is 1. The average molecular weight is 271 g/mol. The van der Waals surface area contributed by atoms with Crippen LogP contribution in [0.4, 0.5) is 11.5 Å². The van der Waals surface area contributed by atoms with Crippen LogP contribution in [0, 0.1) is 6.92 Å². The molecular formula is C13H23ClN4. The summed E-state index contributed by atoms with van der Waals surface area (Å²) in [6.07, 6.45) is 3.30. The number of nitrogen functional groups attached to an aromatic ring is 1. The van der Waals surface area contributed by atoms with E-state index in [2.05, 4.69) is 35.6 Å². The Balaban J connectivity index is 3.11. The maximum atomic E-state index is 6.09. The number of hydrogen-bond donors (Lipinski definition) is 1. The predicted octanol–water partition coefficient (Wildman–Crippen LogP) is 3.43. The maximum Gasteiger partial charge on any atom is 0.224 e. The molecule has 1 atom stereocenters. The van der Waals surface area contributed by atoms with Crippen LogP contribution in [0.3, 0.4) is 0 Å². The number of halogens is 1. The molecule has 0 radical (unpaired) electrons. The van der Waals surface area contributed by atoms with Crippen molar-refractivity contribution < 1.29 is 0 Å². The first kappa shape index (κ1) is 15.0. The van der Waals surface area contributed by atoms with Crippen molar-refractivity contribution in [3.8, 4) is 0 Å². The minimum absolute atomic E-state index is 0.265. The average Bonchev–Trinajstić information content (AvgIpc) is 2.34. The zero-order valence-electron chi connectivity index (χ0n) is 11.7. The quantitative estimate of drug-likeness (QED) is 0.805. The molecule has 0 spiro atoms. The van der Waals surface area contributed by atoms with Crippen molar-refractivity contribution in [3.05, 3.63) is 11.0 Å². The summed E-state index contributed by atoms with van der Waals surface area (Å²) in [5.41, 5.74) is 7.47. The van der Waals surface area contributed by atoms with Crippen LogP contribution in [-0.2, 0) is 0 Å². The summed E-state index contributed by atoms with van der Waals surface area (Å²) in [6.45, 7) is 9.33. The van der Waals surface area contributed by atoms with Crippen LogP contribution in [0.1, 0.15) is 45.7 Å². The zero-order chi connectivity index (χ0) is 13.7. The maximum absolute atomic E-state index is 6.09. The van der Waals surface area contributed by atoms with Crippen molar-refractivity contribution in [2.45, 2.75) is 53.0 Å². The molecule has 102 valence electrons. The minimum Gasteiger partial charge on any atom is -0.394 e. The summed E-state index contributed by atoms with van der Waals surface area (Å²) in [4.78, 5) is 10.6. The summed E-state index contributed by atoms with van der Waals surface area (Å²) in [6, 6.07) is 0.393. The number of nitrogens with two attached hydrogens (primary N) is 1. The number of aromatic nitrogens is 2. The van der Waals surface area contributed by atoms with Gasteiger partial charge in [-0.2, -0.15) is 4.98 Å². The van der Waals surface area contributed by atoms with Gasteiger partial charge in [-0.25, -0.2) is 4.98 Å². The van der Waals surface area contributed by atoms with E-state index in [9.17, 15) is 0 Å². The van der Waals surface area contributed by atoms with Crippen LogP contribution < -0.4 is 10.6 Å². The van der Waals surface area contributed by atoms with Gasteiger partial charge in [0.1, 0.15) is 0 Å². The number of nitrogens with zero attached hydrogens (tertiary/aromatic N) is 3. The highest BCUT2D eigenvalue weighted by atomic mass is 35.5. The van der Waals surface area contributed by atoms with E-state index in [-0.39, 0.29) is 5.28 Å². The van der Waals surface area contributed by atoms with Crippen molar-refractivity contribution in [1.29, 1.82) is 0 Å². The second kappa shape index (κ2) is 6.78. The van der Waals surface area contributed by atoms with Crippen LogP contribution in [0.5, 0.6) is 0 Å². The Kier molecular flexibility index (Phi) is 5.66. The molecule has 0 saturated carbocycles. The van der Waals surface area contributed by atoms with E-state index in [1.165, 1.54) is 0 Å². The Morgan fingerprint density at radius 2 is 2.00 bits per heavy atom. The lowest BCUT2D eigenvalue weighted by atomic mass is 10.2. The molecule has 0 aliphatic heterocycles. The molecule has 18 heavy (non-hydrogen) atoms. The molecule has 0 amide bonds. The summed E-state index contributed by atoms with van der Waals surface area (Å²) >= 11 is 5.94. The van der Waals surface area contributed by atoms with E-state index in [1.807, 2.05) is 6.92 Å². The van der Waals surface area contributed by atoms with E-state index in [4.69, 9.17) is 17.3 Å². The van der Waals surface area contributed by atoms with Gasteiger partial charge in [-0.3, -0.25) is 0 Å². The third kappa shape index (κ3) is 3.48. The van der Waals surface area contributed by atoms with Gasteiger partial charge in [0.2, 0.25) is 5.28 Å². The first-order valence-electron chi connectivity index (χ1n) is 6.57. The Labute approximate surface area is 115 Å². The molecule has 1 aromatic heterocycles. The molecule has 5 heteroatoms. The summed E-state index contributed by atoms with van der Waals surface area (Å²) in [5, 5.41) is 0.265. The third-order valence-corrected chi connectivity index (χ3v) is 3.41. The monoisotopic (exact) mass is 270 g/mol. The van der Waals surface area contributed by atoms with Gasteiger partial charge in [0.25, 0.3) is 0 Å². The largest absolute Gasteiger partial charge is 0.394 e. The fourth-order valence-electron chi connectivity index (χ4n) is 1.84. The van der Waals surface area contributed by atoms with Crippen LogP contribution in [0.25, 0.3) is 0 Å². The molecule has 4 nitrogen and oxygen atoms in total. The number of hydrogen-bond acceptors (Lipinski definition) is 4. The van der Waals surface area contributed by atoms with Crippen molar-refractivity contribution >= 4 is 23.1 Å². The Bertz CT molecular complexity index is 395. The molecule has 0 fully saturated rings. The van der Waals surface area contributed by atoms with E-state index < -0.39 is 0 Å². The highest BCUT2D eigenvalue weighted by molar-refractivity contribution is 6.28. The van der Waals surface area contributed by atoms with Gasteiger partial charge in [-0.05, 0) is 38.3 Å². The van der Waals surface area contributed by atoms with E-state index >= 15 is 0 Å². The third-order valence-electron chi connectivity index (χ3n) is 3.24. The van der Waals surface area contributed by atoms with Gasteiger partial charge in [0.15, 0.2) is 5.82 Å². The fourth-order valence-corrected chi connectivity index (χ4v) is 2.04. The Morgan fingerprint density at radius 3 is 2.56 bits per heavy atom. The zero-order valence-corrected chi connectivity index (χ0v) is 12.5. The molecule has 0 aliphatic carbocycles. The topological polar surface area (TPSA) is 55.0 Å². The molecule has 0 aromatic carbocycles. The van der Waals surface area contributed by atoms with Crippen molar-refractivity contribution in [2.75, 3.05) is 17.2 Å². The van der Waals surface area contributed by atoms with Crippen molar-refractivity contribution in [3.63, 3.8) is 0 Å². The summed E-state index contributed by atoms with van der Waals surface area (Å²) < 4.78 is 0. The molecule has 1 rings (SSSR count). The van der Waals surface area contributed by atoms with E-state index in [0.717, 1.165) is 37.3 Å². The lowest BCUT2D eigenvalue weighted by Crippen LogP contribution is -2.35. The molecule has 1 heterocycles. The molecule has 0 bridgehead atoms. The first-order valence-corrected chi connectivity index (χ1v) is 6.95. The van der Waals surface area contributed by atoms with E-state index in [0.29, 0.717) is 11.7 Å². The van der Waals surface area contributed by atoms with Gasteiger partial charge < -0.3 is 10.6 Å². The van der Waals surface area contributed by atoms with Gasteiger partial charge in [0.05, 0.1) is 11.4 Å². The molecule has 1 unspecified atom stereocenters. The number of unbranched alkanes of at least 4 members (excludes halogenated alkanes) is 1. The van der Waals surface area contributed by atoms with Gasteiger partial charge >= 0.3 is 0 Å². The number of rotatable bonds is 6. The smallest absolute Gasteiger partial charge is 0.224 e. The van der Waals surface area contributed by atoms with Crippen molar-refractivity contribution in [1.82, 2.24) is 9.97 Å². The fraction of sp³-hybridized carbons (Fsp3) is 0.692. The lowest BCUT2D eigenvalue weighted by Gasteiger charge is -2.30. The predicted molar refractivity (Wildman–Crippen MR) is 78.2 cm³/mol. The van der Waals surface area contributed by atoms with Gasteiger partial charge in [-0.15, -0.1) is 0 Å². The Morgan fingerprint density at radius 1 is 1.33 bits per heavy atom. The molecule has 0 aliphatic rings. The molecule has 0 saturated heterocycles. The standard InChI is InChI=1S/C13H23ClN4/c1-5-7-8-18(9(3)6-2)12-11(15)10(4)16-13(14)17-12/h9H,5-8,15H2,1-4H3. The lowest BCUT2D eigenvalue weighted by molar-refractivity contribution is 0.589. The highest BCUT2D eigenvalue weighted by Crippen LogP contribution is 2.27. The van der Waals surface area contributed by atoms with Crippen LogP contribution in [0.2, 0.25) is 5.28 Å². The molecular weight excluding hydrogens is 248 g/mol. The van der Waals surface area contributed by atoms with Crippen LogP contribution >= 0.6 is 11.6 Å². The normalized spacial score (nSPS) is 12.5. The van der Waals surface area contributed by atoms with E-state index in [1.54, 1.807) is 0 Å². The second-order valence-corrected chi connectivity index (χ2v) is 4.96. The summed E-state index contributed by atoms with van der Waals surface area (Å²) in [7, 11) is 0. The van der Waals surface area contributed by atoms with Gasteiger partial charge in [0, 0.05) is 12.6 Å². The highest BCUT2D eigenvalue weighted by Gasteiger charge is 2.19. The SMILES string of the molecule is CCCCN(c1nc(Cl)nc(C)c1N)C(C)CC.